The Morgan fingerprint density at radius 3 is 2.86 bits per heavy atom. The zero-order valence-corrected chi connectivity index (χ0v) is 11.8. The van der Waals surface area contributed by atoms with Crippen molar-refractivity contribution < 1.29 is 14.8 Å². The number of hydrogen-bond acceptors (Lipinski definition) is 4. The van der Waals surface area contributed by atoms with Crippen LogP contribution < -0.4 is 5.32 Å². The lowest BCUT2D eigenvalue weighted by Gasteiger charge is -2.17. The summed E-state index contributed by atoms with van der Waals surface area (Å²) in [5, 5.41) is 22.8. The van der Waals surface area contributed by atoms with Gasteiger partial charge in [-0.25, -0.2) is 0 Å². The zero-order valence-electron chi connectivity index (χ0n) is 11.8. The summed E-state index contributed by atoms with van der Waals surface area (Å²) in [5.74, 6) is 0.478. The van der Waals surface area contributed by atoms with Gasteiger partial charge in [0.15, 0.2) is 0 Å². The number of nitrogens with zero attached hydrogens (tertiary/aromatic N) is 1. The van der Waals surface area contributed by atoms with Gasteiger partial charge in [-0.15, -0.1) is 0 Å². The van der Waals surface area contributed by atoms with Crippen LogP contribution in [0.5, 0.6) is 0 Å². The Bertz CT molecular complexity index is 518. The third-order valence-corrected chi connectivity index (χ3v) is 4.10. The first-order chi connectivity index (χ1) is 10.1. The first-order valence-corrected chi connectivity index (χ1v) is 7.21. The van der Waals surface area contributed by atoms with Crippen molar-refractivity contribution >= 4 is 11.6 Å². The number of nitrogens with one attached hydrogen (secondary N) is 1. The van der Waals surface area contributed by atoms with Gasteiger partial charge in [0, 0.05) is 25.3 Å². The van der Waals surface area contributed by atoms with E-state index in [9.17, 15) is 20.0 Å². The fourth-order valence-electron chi connectivity index (χ4n) is 2.90. The second-order valence-electron chi connectivity index (χ2n) is 5.54. The molecule has 0 spiro atoms. The molecule has 0 bridgehead atoms. The molecule has 1 aromatic rings. The lowest BCUT2D eigenvalue weighted by atomic mass is 9.97. The Balaban J connectivity index is 1.84. The van der Waals surface area contributed by atoms with Crippen molar-refractivity contribution in [1.82, 2.24) is 5.32 Å². The van der Waals surface area contributed by atoms with E-state index in [1.165, 1.54) is 12.1 Å². The fourth-order valence-corrected chi connectivity index (χ4v) is 2.90. The molecule has 6 heteroatoms. The minimum Gasteiger partial charge on any atom is -0.396 e. The van der Waals surface area contributed by atoms with E-state index in [0.29, 0.717) is 18.0 Å². The summed E-state index contributed by atoms with van der Waals surface area (Å²) >= 11 is 0. The molecule has 114 valence electrons. The maximum Gasteiger partial charge on any atom is 0.269 e. The van der Waals surface area contributed by atoms with Gasteiger partial charge in [-0.05, 0) is 30.2 Å². The summed E-state index contributed by atoms with van der Waals surface area (Å²) in [7, 11) is 0. The van der Waals surface area contributed by atoms with Gasteiger partial charge in [0.25, 0.3) is 5.69 Å². The van der Waals surface area contributed by atoms with Gasteiger partial charge >= 0.3 is 0 Å². The number of nitro benzene ring substituents is 1. The Labute approximate surface area is 123 Å². The standard InChI is InChI=1S/C15H20N2O4/c18-10-13-5-2-4-12(13)9-16-15(19)8-11-3-1-6-14(7-11)17(20)21/h1,3,6-7,12-13,18H,2,4-5,8-10H2,(H,16,19). The molecule has 0 radical (unpaired) electrons. The molecule has 2 unspecified atom stereocenters. The van der Waals surface area contributed by atoms with Crippen molar-refractivity contribution in [2.45, 2.75) is 25.7 Å². The van der Waals surface area contributed by atoms with Gasteiger partial charge in [-0.1, -0.05) is 18.6 Å². The topological polar surface area (TPSA) is 92.5 Å². The van der Waals surface area contributed by atoms with Gasteiger partial charge in [0.1, 0.15) is 0 Å². The van der Waals surface area contributed by atoms with E-state index in [0.717, 1.165) is 19.3 Å². The average Bonchev–Trinajstić information content (AvgIpc) is 2.93. The molecular weight excluding hydrogens is 272 g/mol. The van der Waals surface area contributed by atoms with Crippen molar-refractivity contribution in [3.05, 3.63) is 39.9 Å². The summed E-state index contributed by atoms with van der Waals surface area (Å²) in [6.45, 7) is 0.740. The third-order valence-electron chi connectivity index (χ3n) is 4.10. The lowest BCUT2D eigenvalue weighted by molar-refractivity contribution is -0.384. The first kappa shape index (κ1) is 15.4. The van der Waals surface area contributed by atoms with E-state index >= 15 is 0 Å². The molecule has 1 fully saturated rings. The molecule has 0 saturated heterocycles. The predicted octanol–water partition coefficient (Wildman–Crippen LogP) is 1.66. The quantitative estimate of drug-likeness (QED) is 0.616. The SMILES string of the molecule is O=C(Cc1cccc([N+](=O)[O-])c1)NCC1CCCC1CO. The average molecular weight is 292 g/mol. The highest BCUT2D eigenvalue weighted by Crippen LogP contribution is 2.30. The molecule has 1 saturated carbocycles. The molecule has 2 rings (SSSR count). The van der Waals surface area contributed by atoms with Crippen LogP contribution in [-0.2, 0) is 11.2 Å². The fraction of sp³-hybridized carbons (Fsp3) is 0.533. The number of hydrogen-bond donors (Lipinski definition) is 2. The number of amides is 1. The second kappa shape index (κ2) is 7.17. The van der Waals surface area contributed by atoms with Crippen LogP contribution in [0.15, 0.2) is 24.3 Å². The Kier molecular flexibility index (Phi) is 5.27. The summed E-state index contributed by atoms with van der Waals surface area (Å²) < 4.78 is 0. The number of carbonyl (C=O) groups excluding carboxylic acids is 1. The monoisotopic (exact) mass is 292 g/mol. The molecule has 21 heavy (non-hydrogen) atoms. The largest absolute Gasteiger partial charge is 0.396 e. The molecule has 1 aliphatic rings. The van der Waals surface area contributed by atoms with Gasteiger partial charge in [0.2, 0.25) is 5.91 Å². The molecule has 0 aromatic heterocycles. The highest BCUT2D eigenvalue weighted by molar-refractivity contribution is 5.78. The van der Waals surface area contributed by atoms with Crippen molar-refractivity contribution in [1.29, 1.82) is 0 Å². The van der Waals surface area contributed by atoms with E-state index in [1.807, 2.05) is 0 Å². The van der Waals surface area contributed by atoms with E-state index in [4.69, 9.17) is 0 Å². The Morgan fingerprint density at radius 1 is 1.38 bits per heavy atom. The summed E-state index contributed by atoms with van der Waals surface area (Å²) in [6, 6.07) is 6.12. The van der Waals surface area contributed by atoms with Gasteiger partial charge in [-0.3, -0.25) is 14.9 Å². The van der Waals surface area contributed by atoms with E-state index in [2.05, 4.69) is 5.32 Å². The highest BCUT2D eigenvalue weighted by Gasteiger charge is 2.26. The minimum atomic E-state index is -0.466. The number of carbonyl (C=O) groups is 1. The first-order valence-electron chi connectivity index (χ1n) is 7.21. The number of aliphatic hydroxyl groups excluding tert-OH is 1. The number of rotatable bonds is 6. The maximum atomic E-state index is 11.9. The van der Waals surface area contributed by atoms with Crippen LogP contribution in [-0.4, -0.2) is 29.1 Å². The maximum absolute atomic E-state index is 11.9. The zero-order chi connectivity index (χ0) is 15.2. The summed E-state index contributed by atoms with van der Waals surface area (Å²) in [6.07, 6.45) is 3.28. The molecule has 0 heterocycles. The van der Waals surface area contributed by atoms with Crippen LogP contribution in [0.1, 0.15) is 24.8 Å². The number of non-ortho nitro benzene ring substituents is 1. The van der Waals surface area contributed by atoms with Gasteiger partial charge in [-0.2, -0.15) is 0 Å². The van der Waals surface area contributed by atoms with Crippen LogP contribution in [0.3, 0.4) is 0 Å². The lowest BCUT2D eigenvalue weighted by Crippen LogP contribution is -2.32. The normalized spacial score (nSPS) is 21.2. The van der Waals surface area contributed by atoms with Crippen molar-refractivity contribution in [2.24, 2.45) is 11.8 Å². The molecular formula is C15H20N2O4. The van der Waals surface area contributed by atoms with Crippen LogP contribution in [0.4, 0.5) is 5.69 Å². The predicted molar refractivity (Wildman–Crippen MR) is 77.7 cm³/mol. The second-order valence-corrected chi connectivity index (χ2v) is 5.54. The van der Waals surface area contributed by atoms with Crippen molar-refractivity contribution in [2.75, 3.05) is 13.2 Å². The molecule has 2 atom stereocenters. The molecule has 1 amide bonds. The van der Waals surface area contributed by atoms with Crippen LogP contribution in [0.25, 0.3) is 0 Å². The van der Waals surface area contributed by atoms with Gasteiger partial charge < -0.3 is 10.4 Å². The van der Waals surface area contributed by atoms with E-state index in [1.54, 1.807) is 12.1 Å². The highest BCUT2D eigenvalue weighted by atomic mass is 16.6. The van der Waals surface area contributed by atoms with Crippen LogP contribution in [0, 0.1) is 22.0 Å². The number of nitro groups is 1. The minimum absolute atomic E-state index is 0.00330. The molecule has 1 aliphatic carbocycles. The van der Waals surface area contributed by atoms with Gasteiger partial charge in [0.05, 0.1) is 11.3 Å². The van der Waals surface area contributed by atoms with E-state index in [-0.39, 0.29) is 30.5 Å². The third kappa shape index (κ3) is 4.26. The van der Waals surface area contributed by atoms with Crippen molar-refractivity contribution in [3.8, 4) is 0 Å². The summed E-state index contributed by atoms with van der Waals surface area (Å²) in [4.78, 5) is 22.1. The molecule has 0 aliphatic heterocycles. The Morgan fingerprint density at radius 2 is 2.14 bits per heavy atom. The summed E-state index contributed by atoms with van der Waals surface area (Å²) in [5.41, 5.74) is 0.628. The smallest absolute Gasteiger partial charge is 0.269 e. The Hall–Kier alpha value is -1.95. The number of aliphatic hydroxyl groups is 1. The van der Waals surface area contributed by atoms with Crippen LogP contribution in [0.2, 0.25) is 0 Å². The van der Waals surface area contributed by atoms with Crippen LogP contribution >= 0.6 is 0 Å². The molecule has 6 nitrogen and oxygen atoms in total. The van der Waals surface area contributed by atoms with Crippen molar-refractivity contribution in [3.63, 3.8) is 0 Å². The molecule has 1 aromatic carbocycles. The number of benzene rings is 1. The molecule has 2 N–H and O–H groups in total. The van der Waals surface area contributed by atoms with E-state index < -0.39 is 4.92 Å².